The van der Waals surface area contributed by atoms with Gasteiger partial charge in [0.15, 0.2) is 5.96 Å². The van der Waals surface area contributed by atoms with Gasteiger partial charge in [0.2, 0.25) is 0 Å². The second-order valence-electron chi connectivity index (χ2n) is 5.18. The van der Waals surface area contributed by atoms with Crippen LogP contribution in [0.1, 0.15) is 38.2 Å². The number of hydrogen-bond acceptors (Lipinski definition) is 3. The SMILES string of the molecule is CCCCCCN=C(N)NCCc1cc(OC)ccc1OC.I. The largest absolute Gasteiger partial charge is 0.497 e. The van der Waals surface area contributed by atoms with Crippen molar-refractivity contribution in [2.45, 2.75) is 39.0 Å². The molecule has 1 rings (SSSR count). The van der Waals surface area contributed by atoms with E-state index in [0.29, 0.717) is 12.5 Å². The molecule has 0 saturated heterocycles. The fourth-order valence-electron chi connectivity index (χ4n) is 2.20. The third kappa shape index (κ3) is 8.88. The zero-order valence-electron chi connectivity index (χ0n) is 14.4. The van der Waals surface area contributed by atoms with Crippen LogP contribution in [-0.2, 0) is 6.42 Å². The summed E-state index contributed by atoms with van der Waals surface area (Å²) >= 11 is 0. The van der Waals surface area contributed by atoms with E-state index >= 15 is 0 Å². The maximum absolute atomic E-state index is 5.86. The maximum Gasteiger partial charge on any atom is 0.188 e. The predicted molar refractivity (Wildman–Crippen MR) is 107 cm³/mol. The number of methoxy groups -OCH3 is 2. The number of guanidine groups is 1. The lowest BCUT2D eigenvalue weighted by atomic mass is 10.1. The monoisotopic (exact) mass is 435 g/mol. The van der Waals surface area contributed by atoms with Gasteiger partial charge in [0.25, 0.3) is 0 Å². The lowest BCUT2D eigenvalue weighted by Gasteiger charge is -2.11. The van der Waals surface area contributed by atoms with Crippen LogP contribution >= 0.6 is 24.0 Å². The van der Waals surface area contributed by atoms with Crippen molar-refractivity contribution in [3.05, 3.63) is 23.8 Å². The Morgan fingerprint density at radius 3 is 2.61 bits per heavy atom. The highest BCUT2D eigenvalue weighted by Crippen LogP contribution is 2.23. The maximum atomic E-state index is 5.86. The van der Waals surface area contributed by atoms with Crippen LogP contribution in [0.4, 0.5) is 0 Å². The highest BCUT2D eigenvalue weighted by atomic mass is 127. The summed E-state index contributed by atoms with van der Waals surface area (Å²) in [5, 5.41) is 3.14. The molecule has 1 aromatic rings. The molecule has 0 aliphatic heterocycles. The first-order chi connectivity index (χ1) is 10.7. The van der Waals surface area contributed by atoms with Gasteiger partial charge in [-0.1, -0.05) is 26.2 Å². The van der Waals surface area contributed by atoms with E-state index in [2.05, 4.69) is 17.2 Å². The van der Waals surface area contributed by atoms with E-state index in [1.165, 1.54) is 19.3 Å². The Labute approximate surface area is 157 Å². The first kappa shape index (κ1) is 21.8. The molecule has 0 unspecified atom stereocenters. The number of nitrogens with zero attached hydrogens (tertiary/aromatic N) is 1. The Morgan fingerprint density at radius 1 is 1.17 bits per heavy atom. The van der Waals surface area contributed by atoms with Crippen molar-refractivity contribution < 1.29 is 9.47 Å². The third-order valence-corrected chi connectivity index (χ3v) is 3.48. The molecular weight excluding hydrogens is 405 g/mol. The minimum atomic E-state index is 0. The summed E-state index contributed by atoms with van der Waals surface area (Å²) in [6.45, 7) is 3.71. The zero-order valence-corrected chi connectivity index (χ0v) is 16.8. The second kappa shape index (κ2) is 13.3. The van der Waals surface area contributed by atoms with E-state index in [9.17, 15) is 0 Å². The molecule has 0 aliphatic carbocycles. The molecule has 0 spiro atoms. The summed E-state index contributed by atoms with van der Waals surface area (Å²) in [5.41, 5.74) is 6.95. The van der Waals surface area contributed by atoms with E-state index in [1.54, 1.807) is 14.2 Å². The average molecular weight is 435 g/mol. The van der Waals surface area contributed by atoms with Crippen LogP contribution in [0, 0.1) is 0 Å². The van der Waals surface area contributed by atoms with E-state index in [0.717, 1.165) is 36.4 Å². The molecule has 0 aliphatic rings. The van der Waals surface area contributed by atoms with Crippen molar-refractivity contribution in [1.82, 2.24) is 5.32 Å². The summed E-state index contributed by atoms with van der Waals surface area (Å²) in [6, 6.07) is 5.79. The summed E-state index contributed by atoms with van der Waals surface area (Å²) in [7, 11) is 3.33. The fraction of sp³-hybridized carbons (Fsp3) is 0.588. The molecule has 0 heterocycles. The zero-order chi connectivity index (χ0) is 16.2. The molecule has 0 fully saturated rings. The normalized spacial score (nSPS) is 10.8. The van der Waals surface area contributed by atoms with Gasteiger partial charge in [-0.25, -0.2) is 0 Å². The van der Waals surface area contributed by atoms with Crippen molar-refractivity contribution >= 4 is 29.9 Å². The first-order valence-corrected chi connectivity index (χ1v) is 7.96. The fourth-order valence-corrected chi connectivity index (χ4v) is 2.20. The van der Waals surface area contributed by atoms with Crippen molar-refractivity contribution in [3.8, 4) is 11.5 Å². The number of benzene rings is 1. The molecular formula is C17H30IN3O2. The van der Waals surface area contributed by atoms with E-state index in [-0.39, 0.29) is 24.0 Å². The number of rotatable bonds is 10. The van der Waals surface area contributed by atoms with E-state index < -0.39 is 0 Å². The van der Waals surface area contributed by atoms with Gasteiger partial charge in [-0.05, 0) is 36.6 Å². The van der Waals surface area contributed by atoms with Crippen LogP contribution in [0.3, 0.4) is 0 Å². The quantitative estimate of drug-likeness (QED) is 0.256. The molecule has 5 nitrogen and oxygen atoms in total. The van der Waals surface area contributed by atoms with Crippen LogP contribution in [0.15, 0.2) is 23.2 Å². The molecule has 0 bridgehead atoms. The van der Waals surface area contributed by atoms with Gasteiger partial charge in [0.05, 0.1) is 14.2 Å². The minimum Gasteiger partial charge on any atom is -0.497 e. The standard InChI is InChI=1S/C17H29N3O2.HI/c1-4-5-6-7-11-19-17(18)20-12-10-14-13-15(21-2)8-9-16(14)22-3;/h8-9,13H,4-7,10-12H2,1-3H3,(H3,18,19,20);1H. The van der Waals surface area contributed by atoms with Gasteiger partial charge in [0.1, 0.15) is 11.5 Å². The van der Waals surface area contributed by atoms with Crippen LogP contribution in [-0.4, -0.2) is 33.3 Å². The lowest BCUT2D eigenvalue weighted by molar-refractivity contribution is 0.398. The summed E-state index contributed by atoms with van der Waals surface area (Å²) in [6.07, 6.45) is 5.61. The Morgan fingerprint density at radius 2 is 1.96 bits per heavy atom. The number of halogens is 1. The second-order valence-corrected chi connectivity index (χ2v) is 5.18. The highest BCUT2D eigenvalue weighted by Gasteiger charge is 2.05. The molecule has 0 amide bonds. The van der Waals surface area contributed by atoms with Gasteiger partial charge >= 0.3 is 0 Å². The molecule has 6 heteroatoms. The van der Waals surface area contributed by atoms with Crippen molar-refractivity contribution in [2.24, 2.45) is 10.7 Å². The molecule has 1 aromatic carbocycles. The van der Waals surface area contributed by atoms with Crippen molar-refractivity contribution in [2.75, 3.05) is 27.3 Å². The number of nitrogens with one attached hydrogen (secondary N) is 1. The summed E-state index contributed by atoms with van der Waals surface area (Å²) in [5.74, 6) is 2.20. The van der Waals surface area contributed by atoms with E-state index in [4.69, 9.17) is 15.2 Å². The van der Waals surface area contributed by atoms with Gasteiger partial charge in [-0.15, -0.1) is 24.0 Å². The number of ether oxygens (including phenoxy) is 2. The Kier molecular flexibility index (Phi) is 12.6. The van der Waals surface area contributed by atoms with Crippen LogP contribution < -0.4 is 20.5 Å². The molecule has 0 saturated carbocycles. The average Bonchev–Trinajstić information content (AvgIpc) is 2.54. The number of unbranched alkanes of at least 4 members (excludes halogenated alkanes) is 3. The molecule has 0 atom stereocenters. The number of nitrogens with two attached hydrogens (primary N) is 1. The number of hydrogen-bond donors (Lipinski definition) is 2. The molecule has 3 N–H and O–H groups in total. The van der Waals surface area contributed by atoms with Crippen molar-refractivity contribution in [1.29, 1.82) is 0 Å². The molecule has 23 heavy (non-hydrogen) atoms. The Hall–Kier alpha value is -1.18. The third-order valence-electron chi connectivity index (χ3n) is 3.48. The highest BCUT2D eigenvalue weighted by molar-refractivity contribution is 14.0. The summed E-state index contributed by atoms with van der Waals surface area (Å²) in [4.78, 5) is 4.33. The van der Waals surface area contributed by atoms with Crippen LogP contribution in [0.2, 0.25) is 0 Å². The predicted octanol–water partition coefficient (Wildman–Crippen LogP) is 3.35. The van der Waals surface area contributed by atoms with Gasteiger partial charge in [-0.3, -0.25) is 4.99 Å². The molecule has 132 valence electrons. The van der Waals surface area contributed by atoms with Crippen LogP contribution in [0.25, 0.3) is 0 Å². The van der Waals surface area contributed by atoms with Crippen molar-refractivity contribution in [3.63, 3.8) is 0 Å². The Balaban J connectivity index is 0.00000484. The van der Waals surface area contributed by atoms with Gasteiger partial charge in [-0.2, -0.15) is 0 Å². The smallest absolute Gasteiger partial charge is 0.188 e. The first-order valence-electron chi connectivity index (χ1n) is 7.96. The van der Waals surface area contributed by atoms with Gasteiger partial charge in [0, 0.05) is 13.1 Å². The van der Waals surface area contributed by atoms with Crippen LogP contribution in [0.5, 0.6) is 11.5 Å². The number of aliphatic imine (C=N–C) groups is 1. The topological polar surface area (TPSA) is 68.9 Å². The summed E-state index contributed by atoms with van der Waals surface area (Å²) < 4.78 is 10.6. The lowest BCUT2D eigenvalue weighted by Crippen LogP contribution is -2.33. The van der Waals surface area contributed by atoms with Gasteiger partial charge < -0.3 is 20.5 Å². The van der Waals surface area contributed by atoms with E-state index in [1.807, 2.05) is 18.2 Å². The molecule has 0 radical (unpaired) electrons. The Bertz CT molecular complexity index is 467. The molecule has 0 aromatic heterocycles. The minimum absolute atomic E-state index is 0.